The SMILES string of the molecule is CCc1ncccc1OCC1CNCCC1c1ccccc1.Cl. The molecule has 3 rings (SSSR count). The highest BCUT2D eigenvalue weighted by Crippen LogP contribution is 2.31. The molecule has 1 aliphatic rings. The van der Waals surface area contributed by atoms with Gasteiger partial charge in [0.2, 0.25) is 0 Å². The van der Waals surface area contributed by atoms with Gasteiger partial charge in [-0.2, -0.15) is 0 Å². The fraction of sp³-hybridized carbons (Fsp3) is 0.421. The average molecular weight is 333 g/mol. The zero-order valence-corrected chi connectivity index (χ0v) is 14.4. The first-order chi connectivity index (χ1) is 10.9. The highest BCUT2D eigenvalue weighted by Gasteiger charge is 2.27. The maximum absolute atomic E-state index is 6.12. The Morgan fingerprint density at radius 2 is 2.00 bits per heavy atom. The van der Waals surface area contributed by atoms with Crippen LogP contribution in [-0.4, -0.2) is 24.7 Å². The van der Waals surface area contributed by atoms with Gasteiger partial charge >= 0.3 is 0 Å². The number of halogens is 1. The molecular formula is C19H25ClN2O. The van der Waals surface area contributed by atoms with Crippen molar-refractivity contribution in [2.45, 2.75) is 25.7 Å². The average Bonchev–Trinajstić information content (AvgIpc) is 2.61. The minimum atomic E-state index is 0. The third-order valence-electron chi connectivity index (χ3n) is 4.47. The number of aromatic nitrogens is 1. The van der Waals surface area contributed by atoms with Crippen LogP contribution in [0.1, 0.15) is 30.5 Å². The second-order valence-electron chi connectivity index (χ2n) is 5.88. The quantitative estimate of drug-likeness (QED) is 0.903. The van der Waals surface area contributed by atoms with Gasteiger partial charge in [-0.25, -0.2) is 0 Å². The van der Waals surface area contributed by atoms with E-state index >= 15 is 0 Å². The highest BCUT2D eigenvalue weighted by molar-refractivity contribution is 5.85. The van der Waals surface area contributed by atoms with Crippen LogP contribution in [0, 0.1) is 5.92 Å². The Hall–Kier alpha value is -1.58. The number of ether oxygens (including phenoxy) is 1. The number of aryl methyl sites for hydroxylation is 1. The Bertz CT molecular complexity index is 591. The summed E-state index contributed by atoms with van der Waals surface area (Å²) in [5, 5.41) is 3.50. The number of nitrogens with one attached hydrogen (secondary N) is 1. The summed E-state index contributed by atoms with van der Waals surface area (Å²) in [4.78, 5) is 4.40. The third-order valence-corrected chi connectivity index (χ3v) is 4.47. The molecule has 1 N–H and O–H groups in total. The highest BCUT2D eigenvalue weighted by atomic mass is 35.5. The molecule has 124 valence electrons. The molecule has 1 fully saturated rings. The Balaban J connectivity index is 0.00000192. The Morgan fingerprint density at radius 3 is 2.78 bits per heavy atom. The monoisotopic (exact) mass is 332 g/mol. The van der Waals surface area contributed by atoms with E-state index in [2.05, 4.69) is 47.6 Å². The normalized spacial score (nSPS) is 20.6. The van der Waals surface area contributed by atoms with Crippen molar-refractivity contribution in [3.05, 3.63) is 59.9 Å². The van der Waals surface area contributed by atoms with Gasteiger partial charge in [0.1, 0.15) is 5.75 Å². The van der Waals surface area contributed by atoms with Gasteiger partial charge in [0.25, 0.3) is 0 Å². The van der Waals surface area contributed by atoms with Crippen molar-refractivity contribution in [2.75, 3.05) is 19.7 Å². The van der Waals surface area contributed by atoms with Crippen LogP contribution in [0.3, 0.4) is 0 Å². The Kier molecular flexibility index (Phi) is 6.87. The fourth-order valence-electron chi connectivity index (χ4n) is 3.25. The minimum absolute atomic E-state index is 0. The van der Waals surface area contributed by atoms with Gasteiger partial charge in [0.15, 0.2) is 0 Å². The summed E-state index contributed by atoms with van der Waals surface area (Å²) < 4.78 is 6.12. The molecule has 3 nitrogen and oxygen atoms in total. The molecule has 2 aromatic rings. The number of rotatable bonds is 5. The predicted octanol–water partition coefficient (Wildman–Crippen LogP) is 3.84. The third kappa shape index (κ3) is 4.46. The van der Waals surface area contributed by atoms with E-state index in [9.17, 15) is 0 Å². The molecule has 1 saturated heterocycles. The Labute approximate surface area is 144 Å². The number of hydrogen-bond acceptors (Lipinski definition) is 3. The van der Waals surface area contributed by atoms with E-state index in [4.69, 9.17) is 4.74 Å². The van der Waals surface area contributed by atoms with E-state index in [1.807, 2.05) is 18.3 Å². The Morgan fingerprint density at radius 1 is 1.17 bits per heavy atom. The molecule has 0 spiro atoms. The van der Waals surface area contributed by atoms with E-state index in [1.54, 1.807) is 0 Å². The van der Waals surface area contributed by atoms with E-state index in [-0.39, 0.29) is 12.4 Å². The lowest BCUT2D eigenvalue weighted by atomic mass is 9.81. The van der Waals surface area contributed by atoms with Crippen LogP contribution in [0.4, 0.5) is 0 Å². The summed E-state index contributed by atoms with van der Waals surface area (Å²) in [5.74, 6) is 2.01. The molecule has 2 unspecified atom stereocenters. The van der Waals surface area contributed by atoms with Gasteiger partial charge in [-0.3, -0.25) is 4.98 Å². The molecule has 0 bridgehead atoms. The first-order valence-electron chi connectivity index (χ1n) is 8.21. The van der Waals surface area contributed by atoms with E-state index in [1.165, 1.54) is 12.0 Å². The number of nitrogens with zero attached hydrogens (tertiary/aromatic N) is 1. The summed E-state index contributed by atoms with van der Waals surface area (Å²) in [5.41, 5.74) is 2.47. The second-order valence-corrected chi connectivity index (χ2v) is 5.88. The van der Waals surface area contributed by atoms with E-state index in [0.717, 1.165) is 37.6 Å². The van der Waals surface area contributed by atoms with Crippen molar-refractivity contribution in [1.82, 2.24) is 10.3 Å². The van der Waals surface area contributed by atoms with Gasteiger partial charge in [-0.1, -0.05) is 37.3 Å². The summed E-state index contributed by atoms with van der Waals surface area (Å²) in [7, 11) is 0. The summed E-state index contributed by atoms with van der Waals surface area (Å²) in [6.07, 6.45) is 3.91. The van der Waals surface area contributed by atoms with Crippen molar-refractivity contribution >= 4 is 12.4 Å². The lowest BCUT2D eigenvalue weighted by Gasteiger charge is -2.32. The van der Waals surface area contributed by atoms with Crippen LogP contribution in [0.5, 0.6) is 5.75 Å². The predicted molar refractivity (Wildman–Crippen MR) is 96.5 cm³/mol. The van der Waals surface area contributed by atoms with Crippen LogP contribution in [-0.2, 0) is 6.42 Å². The van der Waals surface area contributed by atoms with Gasteiger partial charge < -0.3 is 10.1 Å². The number of piperidine rings is 1. The van der Waals surface area contributed by atoms with Crippen LogP contribution in [0.2, 0.25) is 0 Å². The first kappa shape index (κ1) is 17.8. The second kappa shape index (κ2) is 8.90. The van der Waals surface area contributed by atoms with Crippen molar-refractivity contribution in [3.63, 3.8) is 0 Å². The van der Waals surface area contributed by atoms with E-state index < -0.39 is 0 Å². The molecule has 1 aliphatic heterocycles. The molecule has 1 aromatic carbocycles. The van der Waals surface area contributed by atoms with Crippen LogP contribution in [0.25, 0.3) is 0 Å². The maximum atomic E-state index is 6.12. The van der Waals surface area contributed by atoms with Crippen LogP contribution < -0.4 is 10.1 Å². The zero-order chi connectivity index (χ0) is 15.2. The summed E-state index contributed by atoms with van der Waals surface area (Å²) >= 11 is 0. The first-order valence-corrected chi connectivity index (χ1v) is 8.21. The summed E-state index contributed by atoms with van der Waals surface area (Å²) in [6, 6.07) is 14.8. The van der Waals surface area contributed by atoms with Gasteiger partial charge in [-0.15, -0.1) is 12.4 Å². The fourth-order valence-corrected chi connectivity index (χ4v) is 3.25. The van der Waals surface area contributed by atoms with Crippen molar-refractivity contribution in [2.24, 2.45) is 5.92 Å². The number of pyridine rings is 1. The number of benzene rings is 1. The summed E-state index contributed by atoms with van der Waals surface area (Å²) in [6.45, 7) is 4.96. The van der Waals surface area contributed by atoms with Gasteiger partial charge in [-0.05, 0) is 43.0 Å². The molecule has 4 heteroatoms. The van der Waals surface area contributed by atoms with Crippen molar-refractivity contribution in [1.29, 1.82) is 0 Å². The van der Waals surface area contributed by atoms with Crippen LogP contribution >= 0.6 is 12.4 Å². The van der Waals surface area contributed by atoms with E-state index in [0.29, 0.717) is 11.8 Å². The van der Waals surface area contributed by atoms with Gasteiger partial charge in [0.05, 0.1) is 12.3 Å². The molecule has 1 aromatic heterocycles. The molecule has 0 saturated carbocycles. The topological polar surface area (TPSA) is 34.1 Å². The molecular weight excluding hydrogens is 308 g/mol. The molecule has 0 aliphatic carbocycles. The molecule has 0 amide bonds. The standard InChI is InChI=1S/C19H24N2O.ClH/c1-2-18-19(9-6-11-21-18)22-14-16-13-20-12-10-17(16)15-7-4-3-5-8-15;/h3-9,11,16-17,20H,2,10,12-14H2,1H3;1H. The molecule has 23 heavy (non-hydrogen) atoms. The van der Waals surface area contributed by atoms with Crippen molar-refractivity contribution < 1.29 is 4.74 Å². The van der Waals surface area contributed by atoms with Crippen molar-refractivity contribution in [3.8, 4) is 5.75 Å². The molecule has 2 atom stereocenters. The largest absolute Gasteiger partial charge is 0.491 e. The minimum Gasteiger partial charge on any atom is -0.491 e. The zero-order valence-electron chi connectivity index (χ0n) is 13.6. The molecule has 0 radical (unpaired) electrons. The lowest BCUT2D eigenvalue weighted by molar-refractivity contribution is 0.195. The molecule has 2 heterocycles. The smallest absolute Gasteiger partial charge is 0.140 e. The lowest BCUT2D eigenvalue weighted by Crippen LogP contribution is -2.38. The van der Waals surface area contributed by atoms with Crippen LogP contribution in [0.15, 0.2) is 48.7 Å². The maximum Gasteiger partial charge on any atom is 0.140 e. The van der Waals surface area contributed by atoms with Gasteiger partial charge in [0, 0.05) is 18.7 Å². The number of hydrogen-bond donors (Lipinski definition) is 1.